The maximum absolute atomic E-state index is 9.98. The first kappa shape index (κ1) is 14.6. The van der Waals surface area contributed by atoms with E-state index in [1.165, 1.54) is 12.1 Å². The molecule has 0 atom stereocenters. The van der Waals surface area contributed by atoms with E-state index in [2.05, 4.69) is 5.32 Å². The molecule has 0 aliphatic heterocycles. The molecule has 1 aromatic rings. The third-order valence-electron chi connectivity index (χ3n) is 3.46. The van der Waals surface area contributed by atoms with Crippen LogP contribution in [0.4, 0.5) is 0 Å². The van der Waals surface area contributed by atoms with E-state index < -0.39 is 16.9 Å². The molecule has 1 aromatic carbocycles. The van der Waals surface area contributed by atoms with Gasteiger partial charge in [-0.05, 0) is 33.8 Å². The predicted octanol–water partition coefficient (Wildman–Crippen LogP) is 1.44. The molecule has 0 saturated heterocycles. The van der Waals surface area contributed by atoms with Gasteiger partial charge < -0.3 is 25.7 Å². The molecule has 0 aliphatic carbocycles. The van der Waals surface area contributed by atoms with Crippen LogP contribution in [0, 0.1) is 0 Å². The number of aromatic hydroxyl groups is 3. The number of hydrogen-bond donors (Lipinski definition) is 5. The molecule has 1 rings (SSSR count). The second-order valence-electron chi connectivity index (χ2n) is 5.48. The number of aliphatic hydroxyl groups is 1. The number of rotatable bonds is 4. The molecule has 5 heteroatoms. The molecule has 0 amide bonds. The zero-order valence-corrected chi connectivity index (χ0v) is 11.2. The summed E-state index contributed by atoms with van der Waals surface area (Å²) >= 11 is 0. The van der Waals surface area contributed by atoms with E-state index >= 15 is 0 Å². The minimum absolute atomic E-state index is 0.261. The fourth-order valence-electron chi connectivity index (χ4n) is 1.29. The van der Waals surface area contributed by atoms with Crippen molar-refractivity contribution < 1.29 is 20.4 Å². The molecule has 0 fully saturated rings. The molecular weight excluding hydrogens is 234 g/mol. The summed E-state index contributed by atoms with van der Waals surface area (Å²) in [4.78, 5) is 0. The number of phenolic OH excluding ortho intramolecular Hbond substituents is 3. The van der Waals surface area contributed by atoms with Gasteiger partial charge in [-0.25, -0.2) is 0 Å². The summed E-state index contributed by atoms with van der Waals surface area (Å²) in [7, 11) is 0. The van der Waals surface area contributed by atoms with Crippen molar-refractivity contribution >= 4 is 0 Å². The Labute approximate surface area is 107 Å². The number of hydrogen-bond acceptors (Lipinski definition) is 5. The lowest BCUT2D eigenvalue weighted by Gasteiger charge is -2.38. The van der Waals surface area contributed by atoms with Gasteiger partial charge in [0.25, 0.3) is 0 Å². The van der Waals surface area contributed by atoms with E-state index in [4.69, 9.17) is 0 Å². The third kappa shape index (κ3) is 2.86. The van der Waals surface area contributed by atoms with Crippen LogP contribution >= 0.6 is 0 Å². The van der Waals surface area contributed by atoms with E-state index in [1.54, 1.807) is 13.8 Å². The lowest BCUT2D eigenvalue weighted by molar-refractivity contribution is -0.00540. The largest absolute Gasteiger partial charge is 0.504 e. The first-order valence-corrected chi connectivity index (χ1v) is 5.76. The monoisotopic (exact) mass is 255 g/mol. The minimum Gasteiger partial charge on any atom is -0.504 e. The summed E-state index contributed by atoms with van der Waals surface area (Å²) in [6.07, 6.45) is 0. The van der Waals surface area contributed by atoms with Gasteiger partial charge in [-0.2, -0.15) is 0 Å². The smallest absolute Gasteiger partial charge is 0.200 e. The van der Waals surface area contributed by atoms with Crippen molar-refractivity contribution in [2.75, 3.05) is 0 Å². The van der Waals surface area contributed by atoms with Crippen molar-refractivity contribution in [3.63, 3.8) is 0 Å². The molecular formula is C13H21NO4. The first-order valence-electron chi connectivity index (χ1n) is 5.76. The third-order valence-corrected chi connectivity index (χ3v) is 3.46. The molecule has 0 unspecified atom stereocenters. The van der Waals surface area contributed by atoms with Crippen LogP contribution in [0.15, 0.2) is 12.1 Å². The fraction of sp³-hybridized carbons (Fsp3) is 0.538. The van der Waals surface area contributed by atoms with Crippen molar-refractivity contribution in [3.8, 4) is 17.2 Å². The average Bonchev–Trinajstić information content (AvgIpc) is 2.23. The maximum atomic E-state index is 9.98. The molecule has 0 heterocycles. The second-order valence-corrected chi connectivity index (χ2v) is 5.48. The Bertz CT molecular complexity index is 435. The van der Waals surface area contributed by atoms with Crippen LogP contribution in [0.25, 0.3) is 0 Å². The number of phenols is 3. The van der Waals surface area contributed by atoms with Gasteiger partial charge in [0.15, 0.2) is 11.5 Å². The lowest BCUT2D eigenvalue weighted by atomic mass is 9.86. The van der Waals surface area contributed by atoms with Crippen LogP contribution in [0.3, 0.4) is 0 Å². The van der Waals surface area contributed by atoms with Crippen LogP contribution in [0.2, 0.25) is 0 Å². The van der Waals surface area contributed by atoms with Crippen molar-refractivity contribution in [1.29, 1.82) is 0 Å². The average molecular weight is 255 g/mol. The minimum atomic E-state index is -0.943. The molecule has 18 heavy (non-hydrogen) atoms. The molecule has 0 spiro atoms. The van der Waals surface area contributed by atoms with E-state index in [1.807, 2.05) is 13.8 Å². The van der Waals surface area contributed by atoms with Gasteiger partial charge in [-0.3, -0.25) is 0 Å². The predicted molar refractivity (Wildman–Crippen MR) is 68.7 cm³/mol. The zero-order chi connectivity index (χ0) is 14.1. The molecule has 0 bridgehead atoms. The zero-order valence-electron chi connectivity index (χ0n) is 11.2. The highest BCUT2D eigenvalue weighted by Crippen LogP contribution is 2.37. The van der Waals surface area contributed by atoms with Gasteiger partial charge >= 0.3 is 0 Å². The Hall–Kier alpha value is -1.46. The quantitative estimate of drug-likeness (QED) is 0.525. The Morgan fingerprint density at radius 1 is 1.00 bits per heavy atom. The normalized spacial score (nSPS) is 12.7. The Balaban J connectivity index is 2.85. The van der Waals surface area contributed by atoms with Crippen LogP contribution in [0.5, 0.6) is 17.2 Å². The van der Waals surface area contributed by atoms with Crippen molar-refractivity contribution in [2.24, 2.45) is 0 Å². The SMILES string of the molecule is CC(C)(O)C(C)(C)NCc1ccc(O)c(O)c1O. The van der Waals surface area contributed by atoms with Crippen LogP contribution in [0.1, 0.15) is 33.3 Å². The summed E-state index contributed by atoms with van der Waals surface area (Å²) in [6.45, 7) is 7.31. The number of benzene rings is 1. The maximum Gasteiger partial charge on any atom is 0.200 e. The van der Waals surface area contributed by atoms with Crippen LogP contribution in [-0.4, -0.2) is 31.6 Å². The van der Waals surface area contributed by atoms with Crippen LogP contribution < -0.4 is 5.32 Å². The second kappa shape index (κ2) is 4.66. The van der Waals surface area contributed by atoms with E-state index in [9.17, 15) is 20.4 Å². The lowest BCUT2D eigenvalue weighted by Crippen LogP contribution is -2.55. The Morgan fingerprint density at radius 3 is 2.06 bits per heavy atom. The van der Waals surface area contributed by atoms with Gasteiger partial charge in [0.2, 0.25) is 5.75 Å². The highest BCUT2D eigenvalue weighted by atomic mass is 16.3. The Kier molecular flexibility index (Phi) is 3.78. The number of nitrogens with one attached hydrogen (secondary N) is 1. The molecule has 0 saturated carbocycles. The highest BCUT2D eigenvalue weighted by molar-refractivity contribution is 5.53. The van der Waals surface area contributed by atoms with Crippen molar-refractivity contribution in [2.45, 2.75) is 45.4 Å². The van der Waals surface area contributed by atoms with Crippen molar-refractivity contribution in [1.82, 2.24) is 5.32 Å². The standard InChI is InChI=1S/C13H21NO4/c1-12(2,13(3,4)18)14-7-8-5-6-9(15)11(17)10(8)16/h5-6,14-18H,7H2,1-4H3. The van der Waals surface area contributed by atoms with E-state index in [-0.39, 0.29) is 18.0 Å². The van der Waals surface area contributed by atoms with Gasteiger partial charge in [0.1, 0.15) is 0 Å². The molecule has 0 aliphatic rings. The van der Waals surface area contributed by atoms with Gasteiger partial charge in [0, 0.05) is 17.6 Å². The fourth-order valence-corrected chi connectivity index (χ4v) is 1.29. The summed E-state index contributed by atoms with van der Waals surface area (Å²) in [6, 6.07) is 2.82. The topological polar surface area (TPSA) is 93.0 Å². The van der Waals surface area contributed by atoms with E-state index in [0.29, 0.717) is 5.56 Å². The molecule has 102 valence electrons. The van der Waals surface area contributed by atoms with Gasteiger partial charge in [-0.15, -0.1) is 0 Å². The van der Waals surface area contributed by atoms with Crippen molar-refractivity contribution in [3.05, 3.63) is 17.7 Å². The Morgan fingerprint density at radius 2 is 1.56 bits per heavy atom. The summed E-state index contributed by atoms with van der Waals surface area (Å²) < 4.78 is 0. The highest BCUT2D eigenvalue weighted by Gasteiger charge is 2.34. The summed E-state index contributed by atoms with van der Waals surface area (Å²) in [5.41, 5.74) is -1.07. The summed E-state index contributed by atoms with van der Waals surface area (Å²) in [5.74, 6) is -1.25. The van der Waals surface area contributed by atoms with E-state index in [0.717, 1.165) is 0 Å². The molecule has 0 aromatic heterocycles. The first-order chi connectivity index (χ1) is 8.06. The van der Waals surface area contributed by atoms with Crippen LogP contribution in [-0.2, 0) is 6.54 Å². The molecule has 5 N–H and O–H groups in total. The molecule has 0 radical (unpaired) electrons. The van der Waals surface area contributed by atoms with Gasteiger partial charge in [-0.1, -0.05) is 6.07 Å². The summed E-state index contributed by atoms with van der Waals surface area (Å²) in [5, 5.41) is 41.4. The molecule has 5 nitrogen and oxygen atoms in total. The van der Waals surface area contributed by atoms with Gasteiger partial charge in [0.05, 0.1) is 5.60 Å².